The molecule has 10 aromatic rings. The van der Waals surface area contributed by atoms with E-state index in [1.165, 1.54) is 11.1 Å². The summed E-state index contributed by atoms with van der Waals surface area (Å²) in [6.45, 7) is 0. The number of furan rings is 1. The molecule has 0 bridgehead atoms. The van der Waals surface area contributed by atoms with Gasteiger partial charge in [0.2, 0.25) is 0 Å². The SMILES string of the molecule is c1ccc(-c2ccc(-c3cccc(-c4nc(-c5ccc(-c6ccc7c(ccc8c9ccccc9oc78)c6)cc5)c5ccccc5n4)c3)cc2)cc1. The molecular formula is C48H30N2O. The zero-order valence-corrected chi connectivity index (χ0v) is 27.6. The van der Waals surface area contributed by atoms with E-state index in [4.69, 9.17) is 14.4 Å². The fraction of sp³-hybridized carbons (Fsp3) is 0. The lowest BCUT2D eigenvalue weighted by molar-refractivity contribution is 0.672. The summed E-state index contributed by atoms with van der Waals surface area (Å²) < 4.78 is 6.29. The Morgan fingerprint density at radius 3 is 1.71 bits per heavy atom. The van der Waals surface area contributed by atoms with E-state index < -0.39 is 0 Å². The molecule has 51 heavy (non-hydrogen) atoms. The average molecular weight is 651 g/mol. The summed E-state index contributed by atoms with van der Waals surface area (Å²) in [5.41, 5.74) is 12.7. The lowest BCUT2D eigenvalue weighted by Crippen LogP contribution is -1.95. The molecule has 2 heterocycles. The minimum absolute atomic E-state index is 0.710. The van der Waals surface area contributed by atoms with Crippen LogP contribution in [-0.4, -0.2) is 9.97 Å². The van der Waals surface area contributed by atoms with Crippen LogP contribution >= 0.6 is 0 Å². The number of hydrogen-bond acceptors (Lipinski definition) is 3. The summed E-state index contributed by atoms with van der Waals surface area (Å²) in [6.07, 6.45) is 0. The van der Waals surface area contributed by atoms with E-state index >= 15 is 0 Å². The summed E-state index contributed by atoms with van der Waals surface area (Å²) in [7, 11) is 0. The summed E-state index contributed by atoms with van der Waals surface area (Å²) >= 11 is 0. The summed E-state index contributed by atoms with van der Waals surface area (Å²) in [6, 6.07) is 63.9. The highest BCUT2D eigenvalue weighted by Crippen LogP contribution is 2.37. The second kappa shape index (κ2) is 11.9. The molecule has 0 amide bonds. The first kappa shape index (κ1) is 29.1. The Bertz CT molecular complexity index is 2890. The van der Waals surface area contributed by atoms with Crippen molar-refractivity contribution in [1.82, 2.24) is 9.97 Å². The van der Waals surface area contributed by atoms with Gasteiger partial charge in [0.15, 0.2) is 5.82 Å². The highest BCUT2D eigenvalue weighted by atomic mass is 16.3. The minimum Gasteiger partial charge on any atom is -0.455 e. The van der Waals surface area contributed by atoms with Gasteiger partial charge in [-0.05, 0) is 75.2 Å². The van der Waals surface area contributed by atoms with E-state index in [1.807, 2.05) is 24.3 Å². The first-order chi connectivity index (χ1) is 25.2. The average Bonchev–Trinajstić information content (AvgIpc) is 3.60. The van der Waals surface area contributed by atoms with Gasteiger partial charge < -0.3 is 4.42 Å². The maximum absolute atomic E-state index is 6.29. The summed E-state index contributed by atoms with van der Waals surface area (Å²) in [5.74, 6) is 0.710. The molecule has 0 aliphatic carbocycles. The first-order valence-corrected chi connectivity index (χ1v) is 17.2. The number of hydrogen-bond donors (Lipinski definition) is 0. The Morgan fingerprint density at radius 2 is 0.902 bits per heavy atom. The molecule has 2 aromatic heterocycles. The van der Waals surface area contributed by atoms with Gasteiger partial charge in [-0.15, -0.1) is 0 Å². The molecule has 0 fully saturated rings. The molecule has 0 spiro atoms. The summed E-state index contributed by atoms with van der Waals surface area (Å²) in [5, 5.41) is 5.61. The van der Waals surface area contributed by atoms with Crippen LogP contribution in [0.4, 0.5) is 0 Å². The van der Waals surface area contributed by atoms with Crippen LogP contribution < -0.4 is 0 Å². The Kier molecular flexibility index (Phi) is 6.81. The third kappa shape index (κ3) is 5.15. The molecule has 10 rings (SSSR count). The monoisotopic (exact) mass is 650 g/mol. The molecule has 0 unspecified atom stereocenters. The zero-order chi connectivity index (χ0) is 33.7. The maximum Gasteiger partial charge on any atom is 0.160 e. The molecule has 0 saturated heterocycles. The van der Waals surface area contributed by atoms with E-state index in [9.17, 15) is 0 Å². The highest BCUT2D eigenvalue weighted by molar-refractivity contribution is 6.15. The number of fused-ring (bicyclic) bond motifs is 6. The van der Waals surface area contributed by atoms with Crippen molar-refractivity contribution in [2.45, 2.75) is 0 Å². The van der Waals surface area contributed by atoms with Crippen molar-refractivity contribution in [2.75, 3.05) is 0 Å². The van der Waals surface area contributed by atoms with Crippen molar-refractivity contribution in [3.8, 4) is 56.0 Å². The van der Waals surface area contributed by atoms with Gasteiger partial charge in [0.25, 0.3) is 0 Å². The molecule has 0 saturated carbocycles. The Morgan fingerprint density at radius 1 is 0.333 bits per heavy atom. The van der Waals surface area contributed by atoms with Gasteiger partial charge >= 0.3 is 0 Å². The van der Waals surface area contributed by atoms with Gasteiger partial charge in [-0.2, -0.15) is 0 Å². The number of benzene rings is 8. The zero-order valence-electron chi connectivity index (χ0n) is 27.6. The van der Waals surface area contributed by atoms with Crippen LogP contribution in [0.15, 0.2) is 186 Å². The molecule has 8 aromatic carbocycles. The molecular weight excluding hydrogens is 621 g/mol. The smallest absolute Gasteiger partial charge is 0.160 e. The van der Waals surface area contributed by atoms with Crippen LogP contribution in [0.25, 0.3) is 99.6 Å². The van der Waals surface area contributed by atoms with Gasteiger partial charge in [0.1, 0.15) is 11.2 Å². The van der Waals surface area contributed by atoms with Crippen LogP contribution in [0, 0.1) is 0 Å². The molecule has 0 aliphatic rings. The number of nitrogens with zero attached hydrogens (tertiary/aromatic N) is 2. The van der Waals surface area contributed by atoms with E-state index in [0.29, 0.717) is 5.82 Å². The fourth-order valence-electron chi connectivity index (χ4n) is 7.26. The summed E-state index contributed by atoms with van der Waals surface area (Å²) in [4.78, 5) is 10.2. The molecule has 238 valence electrons. The van der Waals surface area contributed by atoms with Crippen LogP contribution in [0.5, 0.6) is 0 Å². The largest absolute Gasteiger partial charge is 0.455 e. The third-order valence-electron chi connectivity index (χ3n) is 9.90. The Hall–Kier alpha value is -6.84. The number of para-hydroxylation sites is 2. The van der Waals surface area contributed by atoms with Crippen molar-refractivity contribution >= 4 is 43.6 Å². The van der Waals surface area contributed by atoms with Crippen molar-refractivity contribution in [3.63, 3.8) is 0 Å². The molecule has 0 aliphatic heterocycles. The second-order valence-electron chi connectivity index (χ2n) is 13.0. The predicted molar refractivity (Wildman–Crippen MR) is 212 cm³/mol. The predicted octanol–water partition coefficient (Wildman–Crippen LogP) is 13.0. The van der Waals surface area contributed by atoms with Gasteiger partial charge in [0.05, 0.1) is 11.2 Å². The van der Waals surface area contributed by atoms with Gasteiger partial charge in [0, 0.05) is 32.7 Å². The van der Waals surface area contributed by atoms with Crippen LogP contribution in [-0.2, 0) is 0 Å². The third-order valence-corrected chi connectivity index (χ3v) is 9.90. The maximum atomic E-state index is 6.29. The van der Waals surface area contributed by atoms with Crippen molar-refractivity contribution in [3.05, 3.63) is 182 Å². The first-order valence-electron chi connectivity index (χ1n) is 17.2. The van der Waals surface area contributed by atoms with Gasteiger partial charge in [-0.1, -0.05) is 146 Å². The minimum atomic E-state index is 0.710. The second-order valence-corrected chi connectivity index (χ2v) is 13.0. The standard InChI is InChI=1S/C48H30N2O/c1-2-9-31(10-3-1)32-17-19-33(20-18-32)36-11-8-12-39(30-36)48-49-44-15-6-4-14-43(44)46(50-48)35-23-21-34(22-24-35)37-25-27-40-38(29-37)26-28-42-41-13-5-7-16-45(41)51-47(40)42/h1-30H. The van der Waals surface area contributed by atoms with Crippen LogP contribution in [0.2, 0.25) is 0 Å². The van der Waals surface area contributed by atoms with E-state index in [-0.39, 0.29) is 0 Å². The Labute approximate surface area is 295 Å². The number of rotatable bonds is 5. The van der Waals surface area contributed by atoms with Crippen molar-refractivity contribution in [1.29, 1.82) is 0 Å². The Balaban J connectivity index is 0.993. The van der Waals surface area contributed by atoms with Gasteiger partial charge in [-0.3, -0.25) is 0 Å². The molecule has 0 radical (unpaired) electrons. The molecule has 3 heteroatoms. The number of aromatic nitrogens is 2. The highest BCUT2D eigenvalue weighted by Gasteiger charge is 2.14. The lowest BCUT2D eigenvalue weighted by atomic mass is 9.97. The van der Waals surface area contributed by atoms with Gasteiger partial charge in [-0.25, -0.2) is 9.97 Å². The normalized spacial score (nSPS) is 11.5. The quantitative estimate of drug-likeness (QED) is 0.186. The van der Waals surface area contributed by atoms with E-state index in [2.05, 4.69) is 158 Å². The van der Waals surface area contributed by atoms with Crippen LogP contribution in [0.3, 0.4) is 0 Å². The molecule has 3 nitrogen and oxygen atoms in total. The lowest BCUT2D eigenvalue weighted by Gasteiger charge is -2.11. The van der Waals surface area contributed by atoms with Crippen molar-refractivity contribution < 1.29 is 4.42 Å². The fourth-order valence-corrected chi connectivity index (χ4v) is 7.26. The topological polar surface area (TPSA) is 38.9 Å². The van der Waals surface area contributed by atoms with Crippen LogP contribution in [0.1, 0.15) is 0 Å². The van der Waals surface area contributed by atoms with E-state index in [1.54, 1.807) is 0 Å². The van der Waals surface area contributed by atoms with Crippen molar-refractivity contribution in [2.24, 2.45) is 0 Å². The molecule has 0 atom stereocenters. The van der Waals surface area contributed by atoms with E-state index in [0.717, 1.165) is 82.7 Å². The molecule has 0 N–H and O–H groups in total.